The number of carboxylic acids is 1. The van der Waals surface area contributed by atoms with Crippen LogP contribution in [0.4, 0.5) is 4.39 Å². The van der Waals surface area contributed by atoms with Crippen molar-refractivity contribution in [1.82, 2.24) is 18.7 Å². The molecule has 0 saturated carbocycles. The Kier molecular flexibility index (Phi) is 6.65. The minimum atomic E-state index is -1.39. The van der Waals surface area contributed by atoms with Gasteiger partial charge >= 0.3 is 11.7 Å². The first kappa shape index (κ1) is 24.1. The third-order valence-corrected chi connectivity index (χ3v) is 5.74. The fraction of sp³-hybridized carbons (Fsp3) is 0.280. The van der Waals surface area contributed by atoms with Crippen molar-refractivity contribution in [3.05, 3.63) is 97.8 Å². The van der Waals surface area contributed by atoms with Gasteiger partial charge in [0.1, 0.15) is 17.9 Å². The van der Waals surface area contributed by atoms with Crippen LogP contribution < -0.4 is 11.2 Å². The van der Waals surface area contributed by atoms with Crippen molar-refractivity contribution in [1.29, 1.82) is 0 Å². The Morgan fingerprint density at radius 1 is 1.14 bits per heavy atom. The number of carboxylic acid groups (broad SMARTS) is 1. The predicted molar refractivity (Wildman–Crippen MR) is 127 cm³/mol. The number of halogens is 1. The van der Waals surface area contributed by atoms with Crippen molar-refractivity contribution in [2.24, 2.45) is 0 Å². The van der Waals surface area contributed by atoms with Crippen molar-refractivity contribution in [3.63, 3.8) is 0 Å². The molecule has 0 radical (unpaired) electrons. The maximum absolute atomic E-state index is 15.2. The van der Waals surface area contributed by atoms with Crippen molar-refractivity contribution in [2.45, 2.75) is 46.4 Å². The lowest BCUT2D eigenvalue weighted by atomic mass is 10.00. The third-order valence-electron chi connectivity index (χ3n) is 5.74. The number of pyridine rings is 2. The number of benzene rings is 1. The lowest BCUT2D eigenvalue weighted by Gasteiger charge is -2.14. The van der Waals surface area contributed by atoms with E-state index in [0.29, 0.717) is 30.1 Å². The van der Waals surface area contributed by atoms with Gasteiger partial charge in [0, 0.05) is 6.54 Å². The van der Waals surface area contributed by atoms with Gasteiger partial charge in [-0.2, -0.15) is 4.68 Å². The first-order valence-electron chi connectivity index (χ1n) is 11.2. The molecule has 1 N–H and O–H groups in total. The first-order chi connectivity index (χ1) is 16.7. The van der Waals surface area contributed by atoms with Crippen LogP contribution in [-0.2, 0) is 24.5 Å². The molecule has 0 bridgehead atoms. The summed E-state index contributed by atoms with van der Waals surface area (Å²) in [5.41, 5.74) is -0.220. The minimum Gasteiger partial charge on any atom is -0.477 e. The molecule has 9 nitrogen and oxygen atoms in total. The highest BCUT2D eigenvalue weighted by Crippen LogP contribution is 2.24. The van der Waals surface area contributed by atoms with Crippen LogP contribution in [0.5, 0.6) is 0 Å². The normalized spacial score (nSPS) is 11.5. The summed E-state index contributed by atoms with van der Waals surface area (Å²) in [6.07, 6.45) is 0.897. The predicted octanol–water partition coefficient (Wildman–Crippen LogP) is 3.34. The number of carbonyl (C=O) groups is 1. The monoisotopic (exact) mass is 480 g/mol. The molecule has 3 aromatic heterocycles. The van der Waals surface area contributed by atoms with Crippen LogP contribution in [0.1, 0.15) is 54.0 Å². The number of fused-ring (bicyclic) bond motifs is 1. The molecule has 182 valence electrons. The topological polar surface area (TPSA) is 108 Å². The summed E-state index contributed by atoms with van der Waals surface area (Å²) in [6, 6.07) is 12.2. The fourth-order valence-electron chi connectivity index (χ4n) is 3.96. The van der Waals surface area contributed by atoms with Gasteiger partial charge in [-0.1, -0.05) is 44.2 Å². The SMILES string of the molecule is CCn1c(COCc2ccccc2)nn(-c2cc3c(C(C)C)cc(C(=O)O)c(=O)n3cc2F)c1=O. The molecule has 10 heteroatoms. The summed E-state index contributed by atoms with van der Waals surface area (Å²) in [7, 11) is 0. The van der Waals surface area contributed by atoms with Crippen LogP contribution in [0.25, 0.3) is 11.2 Å². The molecule has 0 spiro atoms. The molecule has 0 aliphatic carbocycles. The molecular formula is C25H25FN4O5. The summed E-state index contributed by atoms with van der Waals surface area (Å²) in [4.78, 5) is 37.3. The molecule has 0 fully saturated rings. The van der Waals surface area contributed by atoms with Crippen molar-refractivity contribution in [2.75, 3.05) is 0 Å². The summed E-state index contributed by atoms with van der Waals surface area (Å²) >= 11 is 0. The van der Waals surface area contributed by atoms with Gasteiger partial charge in [-0.05, 0) is 36.1 Å². The second-order valence-electron chi connectivity index (χ2n) is 8.37. The average molecular weight is 480 g/mol. The zero-order chi connectivity index (χ0) is 25.3. The third kappa shape index (κ3) is 4.52. The van der Waals surface area contributed by atoms with E-state index in [4.69, 9.17) is 4.74 Å². The van der Waals surface area contributed by atoms with Gasteiger partial charge in [0.2, 0.25) is 0 Å². The molecule has 35 heavy (non-hydrogen) atoms. The Bertz CT molecular complexity index is 1520. The second-order valence-corrected chi connectivity index (χ2v) is 8.37. The summed E-state index contributed by atoms with van der Waals surface area (Å²) < 4.78 is 24.2. The van der Waals surface area contributed by atoms with Crippen molar-refractivity contribution < 1.29 is 19.0 Å². The zero-order valence-corrected chi connectivity index (χ0v) is 19.6. The van der Waals surface area contributed by atoms with Crippen LogP contribution in [0.15, 0.2) is 58.3 Å². The highest BCUT2D eigenvalue weighted by Gasteiger charge is 2.21. The molecular weight excluding hydrogens is 455 g/mol. The lowest BCUT2D eigenvalue weighted by Crippen LogP contribution is -2.27. The van der Waals surface area contributed by atoms with E-state index in [2.05, 4.69) is 5.10 Å². The molecule has 1 aromatic carbocycles. The van der Waals surface area contributed by atoms with E-state index in [9.17, 15) is 19.5 Å². The van der Waals surface area contributed by atoms with Crippen LogP contribution in [-0.4, -0.2) is 29.8 Å². The van der Waals surface area contributed by atoms with E-state index in [1.165, 1.54) is 16.7 Å². The highest BCUT2D eigenvalue weighted by molar-refractivity contribution is 5.88. The van der Waals surface area contributed by atoms with Crippen LogP contribution in [0.2, 0.25) is 0 Å². The van der Waals surface area contributed by atoms with E-state index in [-0.39, 0.29) is 18.2 Å². The molecule has 0 unspecified atom stereocenters. The van der Waals surface area contributed by atoms with E-state index in [1.807, 2.05) is 44.2 Å². The van der Waals surface area contributed by atoms with E-state index in [0.717, 1.165) is 20.8 Å². The number of aromatic nitrogens is 4. The number of ether oxygens (including phenoxy) is 1. The standard InChI is InChI=1S/C25H25FN4O5/c1-4-28-22(14-35-13-16-8-6-5-7-9-16)27-30(25(28)34)21-11-20-17(15(2)3)10-18(24(32)33)23(31)29(20)12-19(21)26/h5-12,15H,4,13-14H2,1-3H3,(H,32,33). The van der Waals surface area contributed by atoms with Gasteiger partial charge in [0.25, 0.3) is 5.56 Å². The smallest absolute Gasteiger partial charge is 0.350 e. The Morgan fingerprint density at radius 2 is 1.86 bits per heavy atom. The minimum absolute atomic E-state index is 0.0405. The molecule has 0 atom stereocenters. The second kappa shape index (κ2) is 9.67. The largest absolute Gasteiger partial charge is 0.477 e. The zero-order valence-electron chi connectivity index (χ0n) is 19.6. The quantitative estimate of drug-likeness (QED) is 0.414. The van der Waals surface area contributed by atoms with Gasteiger partial charge in [0.05, 0.1) is 18.3 Å². The van der Waals surface area contributed by atoms with Crippen LogP contribution >= 0.6 is 0 Å². The summed E-state index contributed by atoms with van der Waals surface area (Å²) in [5.74, 6) is -2.13. The summed E-state index contributed by atoms with van der Waals surface area (Å²) in [5, 5.41) is 13.7. The van der Waals surface area contributed by atoms with Gasteiger partial charge in [-0.15, -0.1) is 5.10 Å². The van der Waals surface area contributed by atoms with Crippen LogP contribution in [0.3, 0.4) is 0 Å². The number of aromatic carboxylic acids is 1. The Hall–Kier alpha value is -4.05. The molecule has 4 aromatic rings. The number of hydrogen-bond donors (Lipinski definition) is 1. The van der Waals surface area contributed by atoms with E-state index < -0.39 is 28.6 Å². The Labute approximate surface area is 199 Å². The fourth-order valence-corrected chi connectivity index (χ4v) is 3.96. The maximum Gasteiger partial charge on any atom is 0.350 e. The van der Waals surface area contributed by atoms with E-state index in [1.54, 1.807) is 6.92 Å². The maximum atomic E-state index is 15.2. The molecule has 3 heterocycles. The van der Waals surface area contributed by atoms with E-state index >= 15 is 4.39 Å². The first-order valence-corrected chi connectivity index (χ1v) is 11.2. The van der Waals surface area contributed by atoms with Gasteiger partial charge in [-0.25, -0.2) is 14.0 Å². The molecule has 0 aliphatic rings. The van der Waals surface area contributed by atoms with Crippen molar-refractivity contribution in [3.8, 4) is 5.69 Å². The van der Waals surface area contributed by atoms with Crippen molar-refractivity contribution >= 4 is 11.5 Å². The highest BCUT2D eigenvalue weighted by atomic mass is 19.1. The molecule has 0 saturated heterocycles. The lowest BCUT2D eigenvalue weighted by molar-refractivity contribution is 0.0694. The van der Waals surface area contributed by atoms with Gasteiger partial charge in [0.15, 0.2) is 11.6 Å². The molecule has 0 amide bonds. The Balaban J connectivity index is 1.80. The number of nitrogens with zero attached hydrogens (tertiary/aromatic N) is 4. The number of hydrogen-bond acceptors (Lipinski definition) is 5. The van der Waals surface area contributed by atoms with Gasteiger partial charge < -0.3 is 9.84 Å². The van der Waals surface area contributed by atoms with Gasteiger partial charge in [-0.3, -0.25) is 13.8 Å². The molecule has 0 aliphatic heterocycles. The summed E-state index contributed by atoms with van der Waals surface area (Å²) in [6.45, 7) is 6.09. The molecule has 4 rings (SSSR count). The number of rotatable bonds is 8. The Morgan fingerprint density at radius 3 is 2.49 bits per heavy atom. The van der Waals surface area contributed by atoms with Crippen LogP contribution in [0, 0.1) is 5.82 Å². The average Bonchev–Trinajstić information content (AvgIpc) is 3.14.